The fraction of sp³-hybridized carbons (Fsp3) is 0.200. The third kappa shape index (κ3) is 7.97. The van der Waals surface area contributed by atoms with Crippen LogP contribution in [0.15, 0.2) is 54.6 Å². The second-order valence-electron chi connectivity index (χ2n) is 9.81. The van der Waals surface area contributed by atoms with Crippen molar-refractivity contribution in [2.24, 2.45) is 0 Å². The van der Waals surface area contributed by atoms with E-state index in [1.807, 2.05) is 0 Å². The summed E-state index contributed by atoms with van der Waals surface area (Å²) in [5.41, 5.74) is -7.73. The highest BCUT2D eigenvalue weighted by molar-refractivity contribution is 5.65. The van der Waals surface area contributed by atoms with Gasteiger partial charge in [0.25, 0.3) is 0 Å². The van der Waals surface area contributed by atoms with E-state index in [1.165, 1.54) is 6.07 Å². The molecule has 0 spiro atoms. The number of benzene rings is 4. The molecule has 0 aliphatic carbocycles. The molecular weight excluding hydrogens is 712 g/mol. The van der Waals surface area contributed by atoms with E-state index in [9.17, 15) is 70.2 Å². The molecule has 4 aromatic carbocycles. The van der Waals surface area contributed by atoms with Gasteiger partial charge < -0.3 is 9.47 Å². The average molecular weight is 726 g/mol. The van der Waals surface area contributed by atoms with E-state index >= 15 is 0 Å². The minimum Gasteiger partial charge on any atom is -0.429 e. The van der Waals surface area contributed by atoms with Crippen LogP contribution in [-0.2, 0) is 29.5 Å². The maximum absolute atomic E-state index is 14.9. The quantitative estimate of drug-likeness (QED) is 0.152. The van der Waals surface area contributed by atoms with Crippen molar-refractivity contribution in [3.63, 3.8) is 0 Å². The van der Waals surface area contributed by atoms with Gasteiger partial charge in [-0.1, -0.05) is 19.1 Å². The van der Waals surface area contributed by atoms with Crippen LogP contribution in [0.4, 0.5) is 70.2 Å². The van der Waals surface area contributed by atoms with Crippen molar-refractivity contribution in [2.75, 3.05) is 0 Å². The van der Waals surface area contributed by atoms with Crippen LogP contribution in [0.1, 0.15) is 29.2 Å². The molecule has 0 heterocycles. The van der Waals surface area contributed by atoms with Gasteiger partial charge in [-0.05, 0) is 35.7 Å². The predicted octanol–water partition coefficient (Wildman–Crippen LogP) is 10.7. The van der Waals surface area contributed by atoms with E-state index in [-0.39, 0.29) is 17.7 Å². The molecule has 49 heavy (non-hydrogen) atoms. The summed E-state index contributed by atoms with van der Waals surface area (Å²) in [6.45, 7) is 1.68. The van der Waals surface area contributed by atoms with E-state index in [1.54, 1.807) is 6.92 Å². The first-order chi connectivity index (χ1) is 22.5. The smallest absolute Gasteiger partial charge is 0.429 e. The summed E-state index contributed by atoms with van der Waals surface area (Å²) in [4.78, 5) is 0. The number of rotatable bonds is 10. The molecule has 264 valence electrons. The van der Waals surface area contributed by atoms with Gasteiger partial charge in [-0.15, -0.1) is 13.2 Å². The van der Waals surface area contributed by atoms with Gasteiger partial charge >= 0.3 is 24.7 Å². The normalized spacial score (nSPS) is 12.8. The van der Waals surface area contributed by atoms with Crippen LogP contribution in [0, 0.1) is 40.7 Å². The Balaban J connectivity index is 1.61. The SMILES string of the molecule is CCc1ccc(-c2cc(F)c(C(F)(F)Oc3cc(F)c(C(F)(F)Oc4cc(F)c(C(F)(F)OC(F)(F)F)c(F)c4)c(F)c3)c(F)c2)c(F)c1. The average Bonchev–Trinajstić information content (AvgIpc) is 2.89. The van der Waals surface area contributed by atoms with Crippen LogP contribution >= 0.6 is 0 Å². The summed E-state index contributed by atoms with van der Waals surface area (Å²) in [5.74, 6) is -18.7. The molecule has 4 rings (SSSR count). The molecule has 0 saturated carbocycles. The van der Waals surface area contributed by atoms with Gasteiger partial charge in [0.2, 0.25) is 0 Å². The maximum atomic E-state index is 14.9. The van der Waals surface area contributed by atoms with E-state index in [0.29, 0.717) is 24.1 Å². The van der Waals surface area contributed by atoms with Gasteiger partial charge in [0.1, 0.15) is 68.9 Å². The van der Waals surface area contributed by atoms with Crippen LogP contribution in [0.5, 0.6) is 11.5 Å². The number of hydrogen-bond acceptors (Lipinski definition) is 3. The highest BCUT2D eigenvalue weighted by atomic mass is 19.4. The predicted molar refractivity (Wildman–Crippen MR) is 134 cm³/mol. The van der Waals surface area contributed by atoms with Gasteiger partial charge in [-0.3, -0.25) is 0 Å². The minimum atomic E-state index is -6.13. The van der Waals surface area contributed by atoms with Crippen LogP contribution in [-0.4, -0.2) is 6.36 Å². The minimum absolute atomic E-state index is 0.296. The lowest BCUT2D eigenvalue weighted by Gasteiger charge is -2.23. The number of ether oxygens (including phenoxy) is 3. The Morgan fingerprint density at radius 3 is 1.18 bits per heavy atom. The Morgan fingerprint density at radius 2 is 0.837 bits per heavy atom. The monoisotopic (exact) mass is 726 g/mol. The molecule has 4 aromatic rings. The molecule has 0 unspecified atom stereocenters. The lowest BCUT2D eigenvalue weighted by Crippen LogP contribution is -2.30. The van der Waals surface area contributed by atoms with Gasteiger partial charge in [0.05, 0.1) is 0 Å². The number of halogens is 16. The third-order valence-electron chi connectivity index (χ3n) is 6.44. The topological polar surface area (TPSA) is 27.7 Å². The summed E-state index contributed by atoms with van der Waals surface area (Å²) in [5, 5.41) is 0. The van der Waals surface area contributed by atoms with Crippen molar-refractivity contribution in [1.29, 1.82) is 0 Å². The Bertz CT molecular complexity index is 1820. The van der Waals surface area contributed by atoms with Gasteiger partial charge in [0, 0.05) is 29.8 Å². The molecule has 0 atom stereocenters. The highest BCUT2D eigenvalue weighted by Gasteiger charge is 2.50. The maximum Gasteiger partial charge on any atom is 0.527 e. The number of aryl methyl sites for hydroxylation is 1. The van der Waals surface area contributed by atoms with Crippen molar-refractivity contribution in [3.8, 4) is 22.6 Å². The number of hydrogen-bond donors (Lipinski definition) is 0. The largest absolute Gasteiger partial charge is 0.527 e. The van der Waals surface area contributed by atoms with Crippen LogP contribution in [0.25, 0.3) is 11.1 Å². The van der Waals surface area contributed by atoms with Gasteiger partial charge in [-0.25, -0.2) is 35.5 Å². The molecule has 0 fully saturated rings. The molecule has 0 aromatic heterocycles. The van der Waals surface area contributed by atoms with Crippen molar-refractivity contribution < 1.29 is 84.5 Å². The molecule has 0 bridgehead atoms. The Hall–Kier alpha value is -4.68. The molecule has 0 aliphatic rings. The lowest BCUT2D eigenvalue weighted by atomic mass is 10.00. The highest BCUT2D eigenvalue weighted by Crippen LogP contribution is 2.43. The van der Waals surface area contributed by atoms with Gasteiger partial charge in [0.15, 0.2) is 0 Å². The van der Waals surface area contributed by atoms with E-state index in [4.69, 9.17) is 0 Å². The fourth-order valence-electron chi connectivity index (χ4n) is 4.39. The zero-order valence-corrected chi connectivity index (χ0v) is 23.7. The molecular formula is C30H14F16O3. The zero-order chi connectivity index (χ0) is 36.9. The summed E-state index contributed by atoms with van der Waals surface area (Å²) in [7, 11) is 0. The van der Waals surface area contributed by atoms with E-state index in [0.717, 1.165) is 12.1 Å². The molecule has 3 nitrogen and oxygen atoms in total. The molecule has 0 radical (unpaired) electrons. The van der Waals surface area contributed by atoms with E-state index in [2.05, 4.69) is 14.2 Å². The Morgan fingerprint density at radius 1 is 0.469 bits per heavy atom. The first-order valence-electron chi connectivity index (χ1n) is 13.0. The zero-order valence-electron chi connectivity index (χ0n) is 23.7. The summed E-state index contributed by atoms with van der Waals surface area (Å²) in [6.07, 6.45) is -21.9. The number of alkyl halides is 9. The summed E-state index contributed by atoms with van der Waals surface area (Å²) >= 11 is 0. The summed E-state index contributed by atoms with van der Waals surface area (Å²) < 4.78 is 234. The van der Waals surface area contributed by atoms with Crippen LogP contribution in [0.3, 0.4) is 0 Å². The van der Waals surface area contributed by atoms with Crippen molar-refractivity contribution in [2.45, 2.75) is 38.0 Å². The van der Waals surface area contributed by atoms with Crippen molar-refractivity contribution in [1.82, 2.24) is 0 Å². The van der Waals surface area contributed by atoms with Crippen LogP contribution in [0.2, 0.25) is 0 Å². The standard InChI is InChI=1S/C30H14F16O3/c1-2-12-3-4-16(17(31)5-12)13-6-18(32)24(19(33)7-13)27(38,39)47-14-8-20(34)25(21(35)9-14)28(40,41)48-15-10-22(36)26(23(37)11-15)29(42,43)49-30(44,45)46/h3-11H,2H2,1H3. The van der Waals surface area contributed by atoms with Crippen molar-refractivity contribution >= 4 is 0 Å². The Labute approximate surface area is 263 Å². The Kier molecular flexibility index (Phi) is 9.84. The van der Waals surface area contributed by atoms with Crippen LogP contribution < -0.4 is 9.47 Å². The molecule has 0 N–H and O–H groups in total. The van der Waals surface area contributed by atoms with Gasteiger partial charge in [-0.2, -0.15) is 26.3 Å². The first-order valence-corrected chi connectivity index (χ1v) is 13.0. The fourth-order valence-corrected chi connectivity index (χ4v) is 4.39. The summed E-state index contributed by atoms with van der Waals surface area (Å²) in [6, 6.07) is 2.41. The molecule has 0 amide bonds. The lowest BCUT2D eigenvalue weighted by molar-refractivity contribution is -0.432. The van der Waals surface area contributed by atoms with E-state index < -0.39 is 111 Å². The molecule has 0 saturated heterocycles. The molecule has 19 heteroatoms. The second-order valence-corrected chi connectivity index (χ2v) is 9.81. The third-order valence-corrected chi connectivity index (χ3v) is 6.44. The molecule has 0 aliphatic heterocycles. The van der Waals surface area contributed by atoms with Crippen molar-refractivity contribution in [3.05, 3.63) is 118 Å². The second kappa shape index (κ2) is 13.0. The first kappa shape index (κ1) is 37.1.